The van der Waals surface area contributed by atoms with Crippen LogP contribution < -0.4 is 21.7 Å². The van der Waals surface area contributed by atoms with E-state index in [0.29, 0.717) is 30.4 Å². The van der Waals surface area contributed by atoms with Crippen LogP contribution in [0.25, 0.3) is 5.57 Å². The Labute approximate surface area is 241 Å². The summed E-state index contributed by atoms with van der Waals surface area (Å²) in [7, 11) is 1.55. The number of piperidine rings is 1. The number of phenolic OH excluding ortho intramolecular Hbond substituents is 1. The molecule has 0 spiro atoms. The molecule has 0 radical (unpaired) electrons. The molecule has 224 valence electrons. The maximum absolute atomic E-state index is 13.2. The third-order valence-electron chi connectivity index (χ3n) is 7.53. The molecule has 11 heteroatoms. The first kappa shape index (κ1) is 31.9. The molecule has 1 aromatic rings. The number of amides is 3. The van der Waals surface area contributed by atoms with E-state index >= 15 is 0 Å². The van der Waals surface area contributed by atoms with Crippen molar-refractivity contribution in [2.75, 3.05) is 26.7 Å². The highest BCUT2D eigenvalue weighted by molar-refractivity contribution is 5.85. The van der Waals surface area contributed by atoms with Crippen molar-refractivity contribution >= 4 is 23.8 Å². The van der Waals surface area contributed by atoms with Gasteiger partial charge in [0.1, 0.15) is 17.6 Å². The van der Waals surface area contributed by atoms with Crippen molar-refractivity contribution in [1.29, 1.82) is 0 Å². The number of carbonyl (C=O) groups excluding carboxylic acids is 3. The zero-order valence-corrected chi connectivity index (χ0v) is 23.8. The van der Waals surface area contributed by atoms with Crippen molar-refractivity contribution in [2.24, 2.45) is 5.73 Å². The van der Waals surface area contributed by atoms with Gasteiger partial charge in [0.25, 0.3) is 0 Å². The van der Waals surface area contributed by atoms with E-state index in [-0.39, 0.29) is 54.9 Å². The molecular weight excluding hydrogens is 526 g/mol. The summed E-state index contributed by atoms with van der Waals surface area (Å²) in [5, 5.41) is 39.4. The average Bonchev–Trinajstić information content (AvgIpc) is 3.13. The number of aliphatic hydroxyl groups excluding tert-OH is 2. The molecule has 2 aliphatic rings. The second kappa shape index (κ2) is 15.4. The van der Waals surface area contributed by atoms with Crippen LogP contribution in [0.3, 0.4) is 0 Å². The van der Waals surface area contributed by atoms with Gasteiger partial charge in [0.15, 0.2) is 0 Å². The summed E-state index contributed by atoms with van der Waals surface area (Å²) in [6.07, 6.45) is 8.49. The van der Waals surface area contributed by atoms with Crippen LogP contribution in [0.15, 0.2) is 47.8 Å². The summed E-state index contributed by atoms with van der Waals surface area (Å²) in [4.78, 5) is 38.7. The van der Waals surface area contributed by atoms with E-state index in [0.717, 1.165) is 37.1 Å². The highest BCUT2D eigenvalue weighted by Crippen LogP contribution is 2.31. The summed E-state index contributed by atoms with van der Waals surface area (Å²) >= 11 is 0. The fraction of sp³-hybridized carbons (Fsp3) is 0.500. The Hall–Kier alpha value is -3.67. The molecule has 1 aliphatic carbocycles. The van der Waals surface area contributed by atoms with E-state index in [1.807, 2.05) is 0 Å². The van der Waals surface area contributed by atoms with Crippen LogP contribution in [-0.2, 0) is 20.8 Å². The van der Waals surface area contributed by atoms with Gasteiger partial charge in [-0.25, -0.2) is 0 Å². The number of allylic oxidation sites excluding steroid dienone is 4. The summed E-state index contributed by atoms with van der Waals surface area (Å²) in [6, 6.07) is 3.11. The molecule has 3 rings (SSSR count). The molecule has 0 bridgehead atoms. The molecular formula is C30H43N5O6. The lowest BCUT2D eigenvalue weighted by molar-refractivity contribution is -0.132. The van der Waals surface area contributed by atoms with Crippen molar-refractivity contribution in [3.63, 3.8) is 0 Å². The third kappa shape index (κ3) is 9.17. The normalized spacial score (nSPS) is 18.1. The summed E-state index contributed by atoms with van der Waals surface area (Å²) in [6.45, 7) is 3.36. The Bertz CT molecular complexity index is 1170. The summed E-state index contributed by atoms with van der Waals surface area (Å²) in [5.74, 6) is -0.641. The lowest BCUT2D eigenvalue weighted by atomic mass is 9.94. The zero-order valence-electron chi connectivity index (χ0n) is 23.8. The standard InChI is InChI=1S/C30H43N5O6/c1-19(10-13-36)33-29(40)25(31)16-22-15-21(6-7-28(22)39)20-4-3-5-27(38)23(14-20)17-26(35(2)18-37)30(41)34-24-8-11-32-12-9-24/h3,5-7,14-15,18-19,24-26,32,36,38-39H,4,8-13,16-17,31H2,1-2H3,(H,33,40)(H,34,41)/t19-,25?,26?/m1/s1. The molecule has 2 unspecified atom stereocenters. The molecule has 8 N–H and O–H groups in total. The third-order valence-corrected chi connectivity index (χ3v) is 7.53. The highest BCUT2D eigenvalue weighted by atomic mass is 16.3. The number of nitrogens with zero attached hydrogens (tertiary/aromatic N) is 1. The Morgan fingerprint density at radius 3 is 2.61 bits per heavy atom. The smallest absolute Gasteiger partial charge is 0.243 e. The number of hydrogen-bond acceptors (Lipinski definition) is 8. The fourth-order valence-electron chi connectivity index (χ4n) is 4.97. The minimum atomic E-state index is -0.905. The number of likely N-dealkylation sites (N-methyl/N-ethyl adjacent to an activating group) is 1. The monoisotopic (exact) mass is 569 g/mol. The first-order chi connectivity index (χ1) is 19.6. The predicted molar refractivity (Wildman–Crippen MR) is 157 cm³/mol. The summed E-state index contributed by atoms with van der Waals surface area (Å²) < 4.78 is 0. The van der Waals surface area contributed by atoms with E-state index < -0.39 is 12.1 Å². The molecule has 1 fully saturated rings. The van der Waals surface area contributed by atoms with Crippen LogP contribution in [0, 0.1) is 0 Å². The lowest BCUT2D eigenvalue weighted by Gasteiger charge is -2.29. The number of phenols is 1. The van der Waals surface area contributed by atoms with Gasteiger partial charge in [-0.05, 0) is 86.2 Å². The van der Waals surface area contributed by atoms with Crippen molar-refractivity contribution in [1.82, 2.24) is 20.9 Å². The second-order valence-corrected chi connectivity index (χ2v) is 10.8. The van der Waals surface area contributed by atoms with Gasteiger partial charge in [-0.2, -0.15) is 0 Å². The number of hydrogen-bond donors (Lipinski definition) is 7. The fourth-order valence-corrected chi connectivity index (χ4v) is 4.97. The minimum Gasteiger partial charge on any atom is -0.508 e. The minimum absolute atomic E-state index is 0.00559. The Balaban J connectivity index is 1.81. The van der Waals surface area contributed by atoms with E-state index in [9.17, 15) is 24.6 Å². The number of carbonyl (C=O) groups is 3. The quantitative estimate of drug-likeness (QED) is 0.172. The van der Waals surface area contributed by atoms with Crippen LogP contribution in [0.4, 0.5) is 0 Å². The first-order valence-electron chi connectivity index (χ1n) is 14.1. The van der Waals surface area contributed by atoms with Gasteiger partial charge in [-0.1, -0.05) is 18.2 Å². The van der Waals surface area contributed by atoms with Crippen LogP contribution >= 0.6 is 0 Å². The first-order valence-corrected chi connectivity index (χ1v) is 14.1. The Morgan fingerprint density at radius 1 is 1.20 bits per heavy atom. The van der Waals surface area contributed by atoms with Gasteiger partial charge in [0.05, 0.1) is 6.04 Å². The van der Waals surface area contributed by atoms with Crippen LogP contribution in [0.2, 0.25) is 0 Å². The maximum Gasteiger partial charge on any atom is 0.243 e. The number of nitrogens with two attached hydrogens (primary N) is 1. The zero-order chi connectivity index (χ0) is 29.9. The average molecular weight is 570 g/mol. The van der Waals surface area contributed by atoms with Gasteiger partial charge >= 0.3 is 0 Å². The number of aromatic hydroxyl groups is 1. The molecule has 1 heterocycles. The SMILES string of the molecule is C[C@H](CCO)NC(=O)C(N)Cc1cc(C2=CC(CC(C(=O)NC3CCNCC3)N(C)C=O)=C(O)C=CC2)ccc1O. The van der Waals surface area contributed by atoms with Gasteiger partial charge < -0.3 is 41.9 Å². The molecule has 3 amide bonds. The number of aliphatic hydroxyl groups is 2. The second-order valence-electron chi connectivity index (χ2n) is 10.8. The van der Waals surface area contributed by atoms with E-state index in [2.05, 4.69) is 16.0 Å². The molecule has 0 aromatic heterocycles. The molecule has 41 heavy (non-hydrogen) atoms. The summed E-state index contributed by atoms with van der Waals surface area (Å²) in [5.41, 5.74) is 8.69. The van der Waals surface area contributed by atoms with Crippen LogP contribution in [0.5, 0.6) is 5.75 Å². The van der Waals surface area contributed by atoms with Crippen LogP contribution in [0.1, 0.15) is 50.2 Å². The predicted octanol–water partition coefficient (Wildman–Crippen LogP) is 1.02. The number of rotatable bonds is 13. The van der Waals surface area contributed by atoms with E-state index in [4.69, 9.17) is 10.8 Å². The maximum atomic E-state index is 13.2. The highest BCUT2D eigenvalue weighted by Gasteiger charge is 2.28. The van der Waals surface area contributed by atoms with E-state index in [1.165, 1.54) is 11.0 Å². The van der Waals surface area contributed by atoms with Crippen LogP contribution in [-0.4, -0.2) is 89.4 Å². The van der Waals surface area contributed by atoms with Gasteiger partial charge in [0, 0.05) is 38.6 Å². The van der Waals surface area contributed by atoms with Crippen molar-refractivity contribution in [2.45, 2.75) is 69.6 Å². The van der Waals surface area contributed by atoms with Crippen molar-refractivity contribution in [3.05, 3.63) is 58.9 Å². The molecule has 3 atom stereocenters. The van der Waals surface area contributed by atoms with Crippen molar-refractivity contribution < 1.29 is 29.7 Å². The molecule has 1 aliphatic heterocycles. The number of benzene rings is 1. The Morgan fingerprint density at radius 2 is 1.93 bits per heavy atom. The van der Waals surface area contributed by atoms with Gasteiger partial charge in [0.2, 0.25) is 18.2 Å². The Kier molecular flexibility index (Phi) is 11.9. The lowest BCUT2D eigenvalue weighted by Crippen LogP contribution is -2.50. The van der Waals surface area contributed by atoms with E-state index in [1.54, 1.807) is 44.3 Å². The largest absolute Gasteiger partial charge is 0.508 e. The van der Waals surface area contributed by atoms with Gasteiger partial charge in [-0.15, -0.1) is 0 Å². The topological polar surface area (TPSA) is 177 Å². The van der Waals surface area contributed by atoms with Gasteiger partial charge in [-0.3, -0.25) is 14.4 Å². The molecule has 0 saturated carbocycles. The van der Waals surface area contributed by atoms with Crippen molar-refractivity contribution in [3.8, 4) is 5.75 Å². The molecule has 1 aromatic carbocycles. The molecule has 11 nitrogen and oxygen atoms in total. The molecule has 1 saturated heterocycles. The number of nitrogens with one attached hydrogen (secondary N) is 3.